The number of carbonyl (C=O) groups excluding carboxylic acids is 1. The number of alkyl halides is 3. The lowest BCUT2D eigenvalue weighted by Crippen LogP contribution is -2.40. The minimum absolute atomic E-state index is 0.0156. The third-order valence-electron chi connectivity index (χ3n) is 6.16. The Bertz CT molecular complexity index is 1130. The lowest BCUT2D eigenvalue weighted by Gasteiger charge is -2.26. The van der Waals surface area contributed by atoms with Crippen molar-refractivity contribution in [3.05, 3.63) is 66.0 Å². The molecule has 3 atom stereocenters. The van der Waals surface area contributed by atoms with Crippen molar-refractivity contribution in [2.45, 2.75) is 43.6 Å². The van der Waals surface area contributed by atoms with Crippen LogP contribution in [0.3, 0.4) is 0 Å². The highest BCUT2D eigenvalue weighted by Gasteiger charge is 2.49. The van der Waals surface area contributed by atoms with E-state index in [9.17, 15) is 22.4 Å². The maximum absolute atomic E-state index is 14.8. The van der Waals surface area contributed by atoms with E-state index >= 15 is 0 Å². The van der Waals surface area contributed by atoms with Gasteiger partial charge in [-0.2, -0.15) is 13.2 Å². The number of benzene rings is 1. The second-order valence-electron chi connectivity index (χ2n) is 8.03. The Morgan fingerprint density at radius 1 is 1.12 bits per heavy atom. The van der Waals surface area contributed by atoms with E-state index in [0.29, 0.717) is 30.3 Å². The van der Waals surface area contributed by atoms with Crippen LogP contribution in [0.25, 0.3) is 11.3 Å². The second-order valence-corrected chi connectivity index (χ2v) is 8.03. The molecule has 3 aromatic rings. The number of halogens is 4. The molecule has 0 unspecified atom stereocenters. The number of fused-ring (bicyclic) bond motifs is 2. The van der Waals surface area contributed by atoms with Gasteiger partial charge in [0, 0.05) is 23.5 Å². The lowest BCUT2D eigenvalue weighted by molar-refractivity contribution is -0.141. The molecule has 1 aromatic carbocycles. The van der Waals surface area contributed by atoms with Gasteiger partial charge in [-0.1, -0.05) is 12.1 Å². The third-order valence-corrected chi connectivity index (χ3v) is 6.16. The molecule has 0 radical (unpaired) electrons. The largest absolute Gasteiger partial charge is 0.434 e. The molecule has 32 heavy (non-hydrogen) atoms. The molecule has 0 spiro atoms. The van der Waals surface area contributed by atoms with Crippen LogP contribution in [0.4, 0.5) is 23.4 Å². The van der Waals surface area contributed by atoms with E-state index in [2.05, 4.69) is 20.3 Å². The van der Waals surface area contributed by atoms with Crippen LogP contribution >= 0.6 is 0 Å². The first-order valence-corrected chi connectivity index (χ1v) is 10.2. The number of amides is 1. The summed E-state index contributed by atoms with van der Waals surface area (Å²) in [6.45, 7) is 0. The van der Waals surface area contributed by atoms with Crippen molar-refractivity contribution in [1.29, 1.82) is 0 Å². The third kappa shape index (κ3) is 3.49. The monoisotopic (exact) mass is 445 g/mol. The number of carbonyl (C=O) groups is 1. The van der Waals surface area contributed by atoms with Gasteiger partial charge in [-0.3, -0.25) is 4.79 Å². The number of hydrogen-bond acceptors (Lipinski definition) is 4. The zero-order chi connectivity index (χ0) is 22.5. The van der Waals surface area contributed by atoms with E-state index < -0.39 is 17.7 Å². The minimum atomic E-state index is -4.56. The summed E-state index contributed by atoms with van der Waals surface area (Å²) in [4.78, 5) is 25.5. The molecule has 1 amide bonds. The van der Waals surface area contributed by atoms with Gasteiger partial charge >= 0.3 is 6.18 Å². The smallest absolute Gasteiger partial charge is 0.364 e. The summed E-state index contributed by atoms with van der Waals surface area (Å²) in [5.41, 5.74) is 0.0875. The van der Waals surface area contributed by atoms with Crippen molar-refractivity contribution in [2.75, 3.05) is 5.32 Å². The highest BCUT2D eigenvalue weighted by molar-refractivity contribution is 6.01. The number of aromatic amines is 1. The summed E-state index contributed by atoms with van der Waals surface area (Å²) in [5.74, 6) is -0.768. The Hall–Kier alpha value is -3.43. The molecule has 2 aliphatic heterocycles. The Balaban J connectivity index is 1.39. The van der Waals surface area contributed by atoms with Gasteiger partial charge in [-0.25, -0.2) is 14.4 Å². The Morgan fingerprint density at radius 2 is 1.97 bits per heavy atom. The zero-order valence-corrected chi connectivity index (χ0v) is 16.7. The quantitative estimate of drug-likeness (QED) is 0.581. The van der Waals surface area contributed by atoms with E-state index in [-0.39, 0.29) is 35.4 Å². The number of hydrogen-bond donors (Lipinski definition) is 2. The first-order valence-electron chi connectivity index (χ1n) is 10.2. The van der Waals surface area contributed by atoms with Gasteiger partial charge in [-0.15, -0.1) is 0 Å². The zero-order valence-electron chi connectivity index (χ0n) is 16.7. The van der Waals surface area contributed by atoms with Crippen molar-refractivity contribution in [3.63, 3.8) is 0 Å². The van der Waals surface area contributed by atoms with Gasteiger partial charge in [0.05, 0.1) is 30.0 Å². The Labute approximate surface area is 180 Å². The average molecular weight is 445 g/mol. The summed E-state index contributed by atoms with van der Waals surface area (Å²) < 4.78 is 53.0. The lowest BCUT2D eigenvalue weighted by atomic mass is 9.95. The average Bonchev–Trinajstić information content (AvgIpc) is 3.49. The van der Waals surface area contributed by atoms with Gasteiger partial charge in [0.25, 0.3) is 5.91 Å². The predicted octanol–water partition coefficient (Wildman–Crippen LogP) is 4.49. The maximum atomic E-state index is 14.8. The molecule has 2 saturated heterocycles. The van der Waals surface area contributed by atoms with Crippen molar-refractivity contribution >= 4 is 11.7 Å². The summed E-state index contributed by atoms with van der Waals surface area (Å²) in [6.07, 6.45) is 0.984. The fourth-order valence-electron chi connectivity index (χ4n) is 4.79. The van der Waals surface area contributed by atoms with Crippen LogP contribution in [0.15, 0.2) is 48.9 Å². The molecule has 2 aliphatic rings. The summed E-state index contributed by atoms with van der Waals surface area (Å²) in [6, 6.07) is 7.59. The SMILES string of the molecule is O=C(c1c(F)cccc1-c1ccc[nH]1)N1[C@@H]2CC[C@H]1[C@H](Nc1cnc(C(F)(F)F)cn1)C2. The highest BCUT2D eigenvalue weighted by atomic mass is 19.4. The van der Waals surface area contributed by atoms with Crippen LogP contribution in [0.2, 0.25) is 0 Å². The minimum Gasteiger partial charge on any atom is -0.364 e. The van der Waals surface area contributed by atoms with Crippen molar-refractivity contribution in [2.24, 2.45) is 0 Å². The van der Waals surface area contributed by atoms with Gasteiger partial charge in [-0.05, 0) is 37.5 Å². The van der Waals surface area contributed by atoms with E-state index in [1.165, 1.54) is 6.07 Å². The number of nitrogens with one attached hydrogen (secondary N) is 2. The molecule has 5 rings (SSSR count). The highest BCUT2D eigenvalue weighted by Crippen LogP contribution is 2.41. The molecule has 0 aliphatic carbocycles. The van der Waals surface area contributed by atoms with Crippen LogP contribution in [-0.2, 0) is 6.18 Å². The first kappa shape index (κ1) is 20.5. The van der Waals surface area contributed by atoms with E-state index in [0.717, 1.165) is 12.6 Å². The van der Waals surface area contributed by atoms with Gasteiger partial charge in [0.15, 0.2) is 5.69 Å². The molecule has 2 aromatic heterocycles. The molecule has 2 N–H and O–H groups in total. The van der Waals surface area contributed by atoms with Gasteiger partial charge < -0.3 is 15.2 Å². The van der Waals surface area contributed by atoms with Crippen molar-refractivity contribution in [3.8, 4) is 11.3 Å². The van der Waals surface area contributed by atoms with Crippen LogP contribution < -0.4 is 5.32 Å². The summed E-state index contributed by atoms with van der Waals surface area (Å²) in [5, 5.41) is 3.11. The fourth-order valence-corrected chi connectivity index (χ4v) is 4.79. The Morgan fingerprint density at radius 3 is 2.66 bits per heavy atom. The molecule has 2 bridgehead atoms. The molecule has 6 nitrogen and oxygen atoms in total. The number of rotatable bonds is 4. The topological polar surface area (TPSA) is 73.9 Å². The van der Waals surface area contributed by atoms with Crippen LogP contribution in [0, 0.1) is 5.82 Å². The number of aromatic nitrogens is 3. The second kappa shape index (κ2) is 7.61. The molecule has 4 heterocycles. The molecule has 0 saturated carbocycles. The molecule has 10 heteroatoms. The number of anilines is 1. The number of H-pyrrole nitrogens is 1. The summed E-state index contributed by atoms with van der Waals surface area (Å²) >= 11 is 0. The van der Waals surface area contributed by atoms with Crippen LogP contribution in [0.5, 0.6) is 0 Å². The molecular weight excluding hydrogens is 426 g/mol. The number of nitrogens with zero attached hydrogens (tertiary/aromatic N) is 3. The van der Waals surface area contributed by atoms with Crippen molar-refractivity contribution in [1.82, 2.24) is 19.9 Å². The van der Waals surface area contributed by atoms with Gasteiger partial charge in [0.1, 0.15) is 11.6 Å². The van der Waals surface area contributed by atoms with Crippen LogP contribution in [0.1, 0.15) is 35.3 Å². The fraction of sp³-hybridized carbons (Fsp3) is 0.318. The van der Waals surface area contributed by atoms with E-state index in [4.69, 9.17) is 0 Å². The standard InChI is InChI=1S/C22H19F4N5O/c23-14-4-1-3-13(15-5-2-8-27-15)20(14)21(32)31-12-6-7-17(31)16(9-12)30-19-11-28-18(10-29-19)22(24,25)26/h1-5,8,10-12,16-17,27H,6-7,9H2,(H,29,30)/t12-,16-,17+/m1/s1. The first-order chi connectivity index (χ1) is 15.3. The normalized spacial score (nSPS) is 22.4. The molecule has 166 valence electrons. The van der Waals surface area contributed by atoms with Crippen molar-refractivity contribution < 1.29 is 22.4 Å². The Kier molecular flexibility index (Phi) is 4.87. The van der Waals surface area contributed by atoms with Gasteiger partial charge in [0.2, 0.25) is 0 Å². The molecular formula is C22H19F4N5O. The van der Waals surface area contributed by atoms with E-state index in [1.807, 2.05) is 0 Å². The molecule has 2 fully saturated rings. The van der Waals surface area contributed by atoms with E-state index in [1.54, 1.807) is 35.4 Å². The predicted molar refractivity (Wildman–Crippen MR) is 108 cm³/mol. The van der Waals surface area contributed by atoms with Crippen LogP contribution in [-0.4, -0.2) is 43.9 Å². The summed E-state index contributed by atoms with van der Waals surface area (Å²) in [7, 11) is 0. The maximum Gasteiger partial charge on any atom is 0.434 e.